The van der Waals surface area contributed by atoms with E-state index in [-0.39, 0.29) is 18.8 Å². The molecule has 0 aliphatic carbocycles. The van der Waals surface area contributed by atoms with Gasteiger partial charge in [-0.2, -0.15) is 13.2 Å². The fourth-order valence-electron chi connectivity index (χ4n) is 2.91. The van der Waals surface area contributed by atoms with Crippen molar-refractivity contribution in [1.82, 2.24) is 15.3 Å². The summed E-state index contributed by atoms with van der Waals surface area (Å²) < 4.78 is 53.6. The SMILES string of the molecule is OCCN(c1ccc(F)cc1C(F)(F)F)c1ncnc2c1CCNC2. The minimum absolute atomic E-state index is 0.106. The molecule has 1 aromatic heterocycles. The molecular formula is C16H16F4N4O. The lowest BCUT2D eigenvalue weighted by atomic mass is 10.1. The third kappa shape index (κ3) is 3.57. The number of aliphatic hydroxyl groups is 1. The number of halogens is 4. The number of anilines is 2. The maximum Gasteiger partial charge on any atom is 0.418 e. The second-order valence-electron chi connectivity index (χ2n) is 5.58. The Morgan fingerprint density at radius 2 is 2.04 bits per heavy atom. The molecule has 0 saturated carbocycles. The Morgan fingerprint density at radius 1 is 1.24 bits per heavy atom. The van der Waals surface area contributed by atoms with Crippen LogP contribution in [-0.4, -0.2) is 34.8 Å². The van der Waals surface area contributed by atoms with Crippen LogP contribution in [0.5, 0.6) is 0 Å². The van der Waals surface area contributed by atoms with Gasteiger partial charge in [-0.15, -0.1) is 0 Å². The molecule has 1 aliphatic rings. The Balaban J connectivity index is 2.16. The molecule has 134 valence electrons. The van der Waals surface area contributed by atoms with Crippen molar-refractivity contribution in [2.45, 2.75) is 19.1 Å². The lowest BCUT2D eigenvalue weighted by molar-refractivity contribution is -0.137. The first-order chi connectivity index (χ1) is 11.9. The highest BCUT2D eigenvalue weighted by atomic mass is 19.4. The van der Waals surface area contributed by atoms with Crippen LogP contribution in [-0.2, 0) is 19.1 Å². The summed E-state index contributed by atoms with van der Waals surface area (Å²) in [4.78, 5) is 9.58. The van der Waals surface area contributed by atoms with Crippen LogP contribution in [0.4, 0.5) is 29.1 Å². The molecule has 9 heteroatoms. The third-order valence-corrected chi connectivity index (χ3v) is 3.99. The number of hydrogen-bond acceptors (Lipinski definition) is 5. The predicted octanol–water partition coefficient (Wildman–Crippen LogP) is 2.41. The molecule has 2 aromatic rings. The number of aromatic nitrogens is 2. The van der Waals surface area contributed by atoms with Crippen LogP contribution < -0.4 is 10.2 Å². The summed E-state index contributed by atoms with van der Waals surface area (Å²) in [6.07, 6.45) is -2.90. The molecule has 3 rings (SSSR count). The summed E-state index contributed by atoms with van der Waals surface area (Å²) in [5.74, 6) is -0.674. The van der Waals surface area contributed by atoms with Gasteiger partial charge in [0, 0.05) is 18.7 Å². The first-order valence-electron chi connectivity index (χ1n) is 7.70. The van der Waals surface area contributed by atoms with Crippen LogP contribution in [0.15, 0.2) is 24.5 Å². The van der Waals surface area contributed by atoms with Crippen molar-refractivity contribution < 1.29 is 22.7 Å². The zero-order valence-electron chi connectivity index (χ0n) is 13.1. The van der Waals surface area contributed by atoms with Crippen LogP contribution in [0.2, 0.25) is 0 Å². The predicted molar refractivity (Wildman–Crippen MR) is 82.9 cm³/mol. The van der Waals surface area contributed by atoms with Crippen LogP contribution in [0.25, 0.3) is 0 Å². The van der Waals surface area contributed by atoms with E-state index in [2.05, 4.69) is 15.3 Å². The Labute approximate surface area is 141 Å². The van der Waals surface area contributed by atoms with Gasteiger partial charge in [-0.05, 0) is 31.2 Å². The van der Waals surface area contributed by atoms with Gasteiger partial charge in [0.1, 0.15) is 18.0 Å². The number of alkyl halides is 3. The third-order valence-electron chi connectivity index (χ3n) is 3.99. The molecule has 0 spiro atoms. The van der Waals surface area contributed by atoms with E-state index < -0.39 is 17.6 Å². The number of benzene rings is 1. The van der Waals surface area contributed by atoms with E-state index >= 15 is 0 Å². The van der Waals surface area contributed by atoms with Crippen LogP contribution in [0, 0.1) is 5.82 Å². The highest BCUT2D eigenvalue weighted by Crippen LogP contribution is 2.40. The molecule has 1 aromatic carbocycles. The fourth-order valence-corrected chi connectivity index (χ4v) is 2.91. The Morgan fingerprint density at radius 3 is 2.76 bits per heavy atom. The summed E-state index contributed by atoms with van der Waals surface area (Å²) in [6.45, 7) is 0.653. The summed E-state index contributed by atoms with van der Waals surface area (Å²) in [5, 5.41) is 12.5. The molecule has 0 unspecified atom stereocenters. The van der Waals surface area contributed by atoms with Crippen molar-refractivity contribution in [3.05, 3.63) is 47.2 Å². The minimum atomic E-state index is -4.74. The number of rotatable bonds is 4. The van der Waals surface area contributed by atoms with Gasteiger partial charge in [-0.3, -0.25) is 0 Å². The second-order valence-corrected chi connectivity index (χ2v) is 5.58. The molecule has 0 atom stereocenters. The number of hydrogen-bond donors (Lipinski definition) is 2. The van der Waals surface area contributed by atoms with Gasteiger partial charge in [-0.1, -0.05) is 0 Å². The summed E-state index contributed by atoms with van der Waals surface area (Å²) in [5.41, 5.74) is 0.0756. The first kappa shape index (κ1) is 17.6. The molecule has 0 bridgehead atoms. The van der Waals surface area contributed by atoms with Crippen molar-refractivity contribution in [2.24, 2.45) is 0 Å². The Hall–Kier alpha value is -2.26. The van der Waals surface area contributed by atoms with Gasteiger partial charge in [0.2, 0.25) is 0 Å². The average molecular weight is 356 g/mol. The van der Waals surface area contributed by atoms with Gasteiger partial charge in [0.25, 0.3) is 0 Å². The Kier molecular flexibility index (Phi) is 4.87. The van der Waals surface area contributed by atoms with E-state index in [0.717, 1.165) is 17.7 Å². The summed E-state index contributed by atoms with van der Waals surface area (Å²) in [7, 11) is 0. The summed E-state index contributed by atoms with van der Waals surface area (Å²) >= 11 is 0. The van der Waals surface area contributed by atoms with Crippen molar-refractivity contribution in [3.8, 4) is 0 Å². The molecule has 25 heavy (non-hydrogen) atoms. The fraction of sp³-hybridized carbons (Fsp3) is 0.375. The normalized spacial score (nSPS) is 14.3. The average Bonchev–Trinajstić information content (AvgIpc) is 2.59. The highest BCUT2D eigenvalue weighted by Gasteiger charge is 2.36. The second kappa shape index (κ2) is 6.93. The minimum Gasteiger partial charge on any atom is -0.395 e. The lowest BCUT2D eigenvalue weighted by Crippen LogP contribution is -2.31. The molecule has 0 saturated heterocycles. The van der Waals surface area contributed by atoms with E-state index in [1.54, 1.807) is 0 Å². The number of fused-ring (bicyclic) bond motifs is 1. The van der Waals surface area contributed by atoms with Crippen LogP contribution >= 0.6 is 0 Å². The molecule has 0 amide bonds. The van der Waals surface area contributed by atoms with Gasteiger partial charge in [0.15, 0.2) is 0 Å². The van der Waals surface area contributed by atoms with Gasteiger partial charge < -0.3 is 15.3 Å². The number of aliphatic hydroxyl groups excluding tert-OH is 1. The summed E-state index contributed by atoms with van der Waals surface area (Å²) in [6, 6.07) is 2.47. The van der Waals surface area contributed by atoms with Crippen molar-refractivity contribution in [3.63, 3.8) is 0 Å². The molecule has 5 nitrogen and oxygen atoms in total. The van der Waals surface area contributed by atoms with Gasteiger partial charge >= 0.3 is 6.18 Å². The molecule has 2 N–H and O–H groups in total. The first-order valence-corrected chi connectivity index (χ1v) is 7.70. The lowest BCUT2D eigenvalue weighted by Gasteiger charge is -2.29. The quantitative estimate of drug-likeness (QED) is 0.824. The molecular weight excluding hydrogens is 340 g/mol. The van der Waals surface area contributed by atoms with E-state index in [9.17, 15) is 22.7 Å². The standard InChI is InChI=1S/C16H16F4N4O/c17-10-1-2-14(12(7-10)16(18,19)20)24(5-6-25)15-11-3-4-21-8-13(11)22-9-23-15/h1-2,7,9,21,25H,3-6,8H2. The monoisotopic (exact) mass is 356 g/mol. The van der Waals surface area contributed by atoms with Crippen LogP contribution in [0.3, 0.4) is 0 Å². The van der Waals surface area contributed by atoms with E-state index in [1.165, 1.54) is 11.2 Å². The van der Waals surface area contributed by atoms with Gasteiger partial charge in [0.05, 0.1) is 23.6 Å². The topological polar surface area (TPSA) is 61.3 Å². The number of nitrogens with one attached hydrogen (secondary N) is 1. The molecule has 0 fully saturated rings. The molecule has 1 aliphatic heterocycles. The zero-order chi connectivity index (χ0) is 18.0. The largest absolute Gasteiger partial charge is 0.418 e. The highest BCUT2D eigenvalue weighted by molar-refractivity contribution is 5.67. The van der Waals surface area contributed by atoms with E-state index in [4.69, 9.17) is 0 Å². The molecule has 2 heterocycles. The zero-order valence-corrected chi connectivity index (χ0v) is 13.1. The van der Waals surface area contributed by atoms with Crippen molar-refractivity contribution in [2.75, 3.05) is 24.6 Å². The van der Waals surface area contributed by atoms with Crippen molar-refractivity contribution >= 4 is 11.5 Å². The van der Waals surface area contributed by atoms with Gasteiger partial charge in [-0.25, -0.2) is 14.4 Å². The maximum absolute atomic E-state index is 13.4. The maximum atomic E-state index is 13.4. The number of nitrogens with zero attached hydrogens (tertiary/aromatic N) is 3. The Bertz CT molecular complexity index is 766. The smallest absolute Gasteiger partial charge is 0.395 e. The van der Waals surface area contributed by atoms with E-state index in [1.807, 2.05) is 0 Å². The van der Waals surface area contributed by atoms with E-state index in [0.29, 0.717) is 37.1 Å². The van der Waals surface area contributed by atoms with Crippen molar-refractivity contribution in [1.29, 1.82) is 0 Å². The van der Waals surface area contributed by atoms with Crippen LogP contribution in [0.1, 0.15) is 16.8 Å². The molecule has 0 radical (unpaired) electrons.